The molecule has 2 aromatic rings. The van der Waals surface area contributed by atoms with E-state index in [4.69, 9.17) is 4.43 Å². The molecule has 2 rings (SSSR count). The lowest BCUT2D eigenvalue weighted by atomic mass is 10.1. The van der Waals surface area contributed by atoms with Gasteiger partial charge < -0.3 is 4.43 Å². The summed E-state index contributed by atoms with van der Waals surface area (Å²) in [6, 6.07) is 21.4. The fourth-order valence-electron chi connectivity index (χ4n) is 2.78. The lowest BCUT2D eigenvalue weighted by Crippen LogP contribution is -2.46. The van der Waals surface area contributed by atoms with E-state index in [-0.39, 0.29) is 0 Å². The molecule has 0 saturated heterocycles. The van der Waals surface area contributed by atoms with Crippen LogP contribution in [0.15, 0.2) is 60.7 Å². The molecule has 0 aromatic heterocycles. The standard InChI is InChI=1S/C21H29OSi/c1-3-4-5-6-9-14-19(2)22-23(20-15-10-7-11-16-20)21-17-12-8-13-18-21/h7-8,10-13,15-19H,3-6,9,14H2,1-2H3. The summed E-state index contributed by atoms with van der Waals surface area (Å²) in [6.07, 6.45) is 8.13. The SMILES string of the molecule is CCCCCCCC(C)O[Si](c1ccccc1)c1ccccc1. The molecule has 123 valence electrons. The van der Waals surface area contributed by atoms with Crippen molar-refractivity contribution in [1.82, 2.24) is 0 Å². The summed E-state index contributed by atoms with van der Waals surface area (Å²) < 4.78 is 6.53. The molecule has 0 aliphatic rings. The van der Waals surface area contributed by atoms with Crippen molar-refractivity contribution in [3.8, 4) is 0 Å². The second-order valence-electron chi connectivity index (χ2n) is 6.19. The van der Waals surface area contributed by atoms with Gasteiger partial charge in [-0.2, -0.15) is 0 Å². The molecule has 0 saturated carbocycles. The van der Waals surface area contributed by atoms with E-state index in [1.165, 1.54) is 42.5 Å². The van der Waals surface area contributed by atoms with E-state index < -0.39 is 9.04 Å². The first-order valence-electron chi connectivity index (χ1n) is 8.95. The normalized spacial score (nSPS) is 12.5. The lowest BCUT2D eigenvalue weighted by molar-refractivity contribution is 0.214. The van der Waals surface area contributed by atoms with Crippen molar-refractivity contribution in [3.05, 3.63) is 60.7 Å². The molecule has 1 radical (unpaired) electrons. The van der Waals surface area contributed by atoms with E-state index in [0.717, 1.165) is 6.42 Å². The molecule has 0 amide bonds. The highest BCUT2D eigenvalue weighted by Crippen LogP contribution is 2.10. The fraction of sp³-hybridized carbons (Fsp3) is 0.429. The van der Waals surface area contributed by atoms with E-state index >= 15 is 0 Å². The second kappa shape index (κ2) is 10.4. The summed E-state index contributed by atoms with van der Waals surface area (Å²) in [4.78, 5) is 0. The molecule has 1 nitrogen and oxygen atoms in total. The minimum Gasteiger partial charge on any atom is -0.405 e. The summed E-state index contributed by atoms with van der Waals surface area (Å²) in [7, 11) is -1.15. The molecular weight excluding hydrogens is 296 g/mol. The molecule has 0 aliphatic carbocycles. The Balaban J connectivity index is 1.96. The van der Waals surface area contributed by atoms with Gasteiger partial charge in [-0.3, -0.25) is 0 Å². The Morgan fingerprint density at radius 2 is 1.30 bits per heavy atom. The molecule has 0 aliphatic heterocycles. The number of hydrogen-bond acceptors (Lipinski definition) is 1. The van der Waals surface area contributed by atoms with Crippen LogP contribution in [0.1, 0.15) is 52.4 Å². The highest BCUT2D eigenvalue weighted by Gasteiger charge is 2.21. The van der Waals surface area contributed by atoms with E-state index in [9.17, 15) is 0 Å². The quantitative estimate of drug-likeness (QED) is 0.460. The second-order valence-corrected chi connectivity index (χ2v) is 8.24. The predicted molar refractivity (Wildman–Crippen MR) is 102 cm³/mol. The third-order valence-corrected chi connectivity index (χ3v) is 6.46. The third kappa shape index (κ3) is 6.32. The van der Waals surface area contributed by atoms with Gasteiger partial charge in [-0.25, -0.2) is 0 Å². The van der Waals surface area contributed by atoms with Gasteiger partial charge in [-0.1, -0.05) is 99.7 Å². The molecule has 1 unspecified atom stereocenters. The van der Waals surface area contributed by atoms with Gasteiger partial charge in [0.15, 0.2) is 0 Å². The zero-order chi connectivity index (χ0) is 16.3. The fourth-order valence-corrected chi connectivity index (χ4v) is 4.89. The molecular formula is C21H29OSi. The topological polar surface area (TPSA) is 9.23 Å². The Bertz CT molecular complexity index is 487. The van der Waals surface area contributed by atoms with Crippen LogP contribution in [0.2, 0.25) is 0 Å². The summed E-state index contributed by atoms with van der Waals surface area (Å²) >= 11 is 0. The summed E-state index contributed by atoms with van der Waals surface area (Å²) in [5.74, 6) is 0. The van der Waals surface area contributed by atoms with Crippen LogP contribution < -0.4 is 10.4 Å². The van der Waals surface area contributed by atoms with Gasteiger partial charge in [-0.15, -0.1) is 0 Å². The Labute approximate surface area is 143 Å². The van der Waals surface area contributed by atoms with Gasteiger partial charge in [0.25, 0.3) is 9.04 Å². The zero-order valence-corrected chi connectivity index (χ0v) is 15.5. The van der Waals surface area contributed by atoms with Crippen LogP contribution in [0.4, 0.5) is 0 Å². The van der Waals surface area contributed by atoms with Crippen molar-refractivity contribution in [2.45, 2.75) is 58.5 Å². The molecule has 2 aromatic carbocycles. The highest BCUT2D eigenvalue weighted by atomic mass is 28.3. The largest absolute Gasteiger partial charge is 0.405 e. The third-order valence-electron chi connectivity index (χ3n) is 4.11. The van der Waals surface area contributed by atoms with Gasteiger partial charge >= 0.3 is 0 Å². The smallest absolute Gasteiger partial charge is 0.283 e. The van der Waals surface area contributed by atoms with Crippen LogP contribution in [-0.2, 0) is 4.43 Å². The van der Waals surface area contributed by atoms with Crippen molar-refractivity contribution in [1.29, 1.82) is 0 Å². The van der Waals surface area contributed by atoms with Gasteiger partial charge in [0.2, 0.25) is 0 Å². The number of rotatable bonds is 10. The first-order valence-corrected chi connectivity index (χ1v) is 10.4. The predicted octanol–water partition coefficient (Wildman–Crippen LogP) is 4.56. The molecule has 0 heterocycles. The minimum atomic E-state index is -1.15. The highest BCUT2D eigenvalue weighted by molar-refractivity contribution is 6.80. The van der Waals surface area contributed by atoms with Crippen LogP contribution in [-0.4, -0.2) is 15.1 Å². The van der Waals surface area contributed by atoms with E-state index in [0.29, 0.717) is 6.10 Å². The van der Waals surface area contributed by atoms with Crippen LogP contribution >= 0.6 is 0 Å². The summed E-state index contributed by atoms with van der Waals surface area (Å²) in [5.41, 5.74) is 0. The minimum absolute atomic E-state index is 0.325. The zero-order valence-electron chi connectivity index (χ0n) is 14.5. The summed E-state index contributed by atoms with van der Waals surface area (Å²) in [6.45, 7) is 4.50. The Kier molecular flexibility index (Phi) is 8.12. The number of hydrogen-bond donors (Lipinski definition) is 0. The average Bonchev–Trinajstić information content (AvgIpc) is 2.61. The molecule has 0 bridgehead atoms. The molecule has 23 heavy (non-hydrogen) atoms. The van der Waals surface area contributed by atoms with Crippen molar-refractivity contribution < 1.29 is 4.43 Å². The van der Waals surface area contributed by atoms with Crippen molar-refractivity contribution in [3.63, 3.8) is 0 Å². The van der Waals surface area contributed by atoms with E-state index in [1.54, 1.807) is 0 Å². The molecule has 0 spiro atoms. The Morgan fingerprint density at radius 1 is 0.783 bits per heavy atom. The van der Waals surface area contributed by atoms with Crippen LogP contribution in [0, 0.1) is 0 Å². The Morgan fingerprint density at radius 3 is 1.83 bits per heavy atom. The van der Waals surface area contributed by atoms with Gasteiger partial charge in [0.1, 0.15) is 0 Å². The van der Waals surface area contributed by atoms with Gasteiger partial charge in [0, 0.05) is 6.10 Å². The molecule has 2 heteroatoms. The first-order chi connectivity index (χ1) is 11.3. The van der Waals surface area contributed by atoms with Crippen molar-refractivity contribution >= 4 is 19.4 Å². The average molecular weight is 326 g/mol. The Hall–Kier alpha value is -1.38. The number of benzene rings is 2. The lowest BCUT2D eigenvalue weighted by Gasteiger charge is -2.21. The van der Waals surface area contributed by atoms with Gasteiger partial charge in [0.05, 0.1) is 0 Å². The van der Waals surface area contributed by atoms with Gasteiger partial charge in [-0.05, 0) is 23.7 Å². The monoisotopic (exact) mass is 325 g/mol. The van der Waals surface area contributed by atoms with Crippen molar-refractivity contribution in [2.75, 3.05) is 0 Å². The molecule has 0 fully saturated rings. The maximum Gasteiger partial charge on any atom is 0.283 e. The van der Waals surface area contributed by atoms with Crippen molar-refractivity contribution in [2.24, 2.45) is 0 Å². The maximum absolute atomic E-state index is 6.53. The van der Waals surface area contributed by atoms with Crippen LogP contribution in [0.25, 0.3) is 0 Å². The molecule has 1 atom stereocenters. The van der Waals surface area contributed by atoms with Crippen LogP contribution in [0.3, 0.4) is 0 Å². The first kappa shape index (κ1) is 18.0. The maximum atomic E-state index is 6.53. The van der Waals surface area contributed by atoms with E-state index in [1.807, 2.05) is 0 Å². The van der Waals surface area contributed by atoms with E-state index in [2.05, 4.69) is 74.5 Å². The van der Waals surface area contributed by atoms with Crippen LogP contribution in [0.5, 0.6) is 0 Å². The molecule has 0 N–H and O–H groups in total. The number of unbranched alkanes of at least 4 members (excludes halogenated alkanes) is 4. The summed E-state index contributed by atoms with van der Waals surface area (Å²) in [5, 5.41) is 2.67.